The lowest BCUT2D eigenvalue weighted by Gasteiger charge is -2.15. The number of aryl methyl sites for hydroxylation is 1. The van der Waals surface area contributed by atoms with Gasteiger partial charge in [-0.25, -0.2) is 9.97 Å². The summed E-state index contributed by atoms with van der Waals surface area (Å²) in [6.07, 6.45) is 1.51. The number of aromatic nitrogens is 2. The van der Waals surface area contributed by atoms with Gasteiger partial charge in [-0.15, -0.1) is 0 Å². The van der Waals surface area contributed by atoms with E-state index in [0.29, 0.717) is 17.3 Å². The second kappa shape index (κ2) is 5.77. The summed E-state index contributed by atoms with van der Waals surface area (Å²) in [5.74, 6) is 1.28. The van der Waals surface area contributed by atoms with E-state index in [-0.39, 0.29) is 6.04 Å². The van der Waals surface area contributed by atoms with E-state index in [1.165, 1.54) is 17.5 Å². The Hall–Kier alpha value is -2.30. The second-order valence-corrected chi connectivity index (χ2v) is 5.16. The minimum atomic E-state index is 0.265. The van der Waals surface area contributed by atoms with E-state index < -0.39 is 0 Å². The van der Waals surface area contributed by atoms with Gasteiger partial charge in [0.15, 0.2) is 11.6 Å². The van der Waals surface area contributed by atoms with Crippen molar-refractivity contribution in [2.24, 2.45) is 0 Å². The van der Waals surface area contributed by atoms with Crippen LogP contribution in [0.5, 0.6) is 0 Å². The predicted molar refractivity (Wildman–Crippen MR) is 84.4 cm³/mol. The summed E-state index contributed by atoms with van der Waals surface area (Å²) in [4.78, 5) is 8.40. The number of hydrogen-bond donors (Lipinski definition) is 3. The van der Waals surface area contributed by atoms with Crippen LogP contribution in [-0.2, 0) is 0 Å². The highest BCUT2D eigenvalue weighted by Gasteiger charge is 2.10. The van der Waals surface area contributed by atoms with Gasteiger partial charge in [0, 0.05) is 11.7 Å². The highest BCUT2D eigenvalue weighted by Crippen LogP contribution is 2.28. The average molecular weight is 271 g/mol. The Kier molecular flexibility index (Phi) is 4.08. The Morgan fingerprint density at radius 1 is 1.10 bits per heavy atom. The first-order valence-electron chi connectivity index (χ1n) is 6.69. The Morgan fingerprint density at radius 2 is 1.80 bits per heavy atom. The molecule has 0 unspecified atom stereocenters. The van der Waals surface area contributed by atoms with Gasteiger partial charge in [-0.1, -0.05) is 12.1 Å². The third-order valence-electron chi connectivity index (χ3n) is 3.17. The topological polar surface area (TPSA) is 75.9 Å². The first-order chi connectivity index (χ1) is 9.49. The number of nitrogens with two attached hydrogens (primary N) is 1. The average Bonchev–Trinajstić information content (AvgIpc) is 2.39. The van der Waals surface area contributed by atoms with Crippen molar-refractivity contribution in [1.29, 1.82) is 0 Å². The van der Waals surface area contributed by atoms with Crippen LogP contribution in [0.3, 0.4) is 0 Å². The molecule has 5 heteroatoms. The number of nitrogens with zero attached hydrogens (tertiary/aromatic N) is 2. The molecule has 0 saturated heterocycles. The molecule has 2 aromatic rings. The van der Waals surface area contributed by atoms with Crippen LogP contribution >= 0.6 is 0 Å². The summed E-state index contributed by atoms with van der Waals surface area (Å²) >= 11 is 0. The summed E-state index contributed by atoms with van der Waals surface area (Å²) in [6, 6.07) is 6.37. The van der Waals surface area contributed by atoms with E-state index in [1.54, 1.807) is 0 Å². The zero-order valence-electron chi connectivity index (χ0n) is 12.4. The third-order valence-corrected chi connectivity index (χ3v) is 3.17. The normalized spacial score (nSPS) is 10.7. The van der Waals surface area contributed by atoms with Gasteiger partial charge in [0.2, 0.25) is 0 Å². The minimum absolute atomic E-state index is 0.265. The van der Waals surface area contributed by atoms with Crippen LogP contribution in [0.2, 0.25) is 0 Å². The van der Waals surface area contributed by atoms with Gasteiger partial charge in [-0.05, 0) is 44.9 Å². The van der Waals surface area contributed by atoms with Crippen molar-refractivity contribution < 1.29 is 0 Å². The molecule has 0 amide bonds. The molecule has 1 heterocycles. The van der Waals surface area contributed by atoms with Gasteiger partial charge in [0.25, 0.3) is 0 Å². The van der Waals surface area contributed by atoms with Crippen molar-refractivity contribution in [2.75, 3.05) is 16.4 Å². The van der Waals surface area contributed by atoms with Crippen molar-refractivity contribution in [1.82, 2.24) is 9.97 Å². The first-order valence-corrected chi connectivity index (χ1v) is 6.69. The SMILES string of the molecule is Cc1cccc(Nc2ncnc(NC(C)C)c2N)c1C. The van der Waals surface area contributed by atoms with Crippen LogP contribution in [0.1, 0.15) is 25.0 Å². The standard InChI is InChI=1S/C15H21N5/c1-9(2)19-14-13(16)15(18-8-17-14)20-12-7-5-6-10(3)11(12)4/h5-9H,16H2,1-4H3,(H2,17,18,19,20). The molecule has 0 aliphatic rings. The molecule has 0 spiro atoms. The molecular weight excluding hydrogens is 250 g/mol. The number of nitrogens with one attached hydrogen (secondary N) is 2. The number of benzene rings is 1. The highest BCUT2D eigenvalue weighted by atomic mass is 15.1. The molecule has 0 radical (unpaired) electrons. The molecule has 0 aliphatic heterocycles. The lowest BCUT2D eigenvalue weighted by atomic mass is 10.1. The second-order valence-electron chi connectivity index (χ2n) is 5.16. The minimum Gasteiger partial charge on any atom is -0.393 e. The number of rotatable bonds is 4. The molecule has 0 bridgehead atoms. The molecule has 20 heavy (non-hydrogen) atoms. The van der Waals surface area contributed by atoms with Crippen molar-refractivity contribution in [2.45, 2.75) is 33.7 Å². The lowest BCUT2D eigenvalue weighted by molar-refractivity contribution is 0.887. The maximum absolute atomic E-state index is 6.12. The van der Waals surface area contributed by atoms with E-state index in [2.05, 4.69) is 40.5 Å². The van der Waals surface area contributed by atoms with Crippen LogP contribution in [0.4, 0.5) is 23.0 Å². The van der Waals surface area contributed by atoms with Crippen molar-refractivity contribution in [3.05, 3.63) is 35.7 Å². The number of anilines is 4. The van der Waals surface area contributed by atoms with E-state index in [1.807, 2.05) is 26.0 Å². The molecule has 1 aromatic heterocycles. The fourth-order valence-corrected chi connectivity index (χ4v) is 1.90. The largest absolute Gasteiger partial charge is 0.393 e. The van der Waals surface area contributed by atoms with Crippen molar-refractivity contribution in [3.8, 4) is 0 Å². The summed E-state index contributed by atoms with van der Waals surface area (Å²) < 4.78 is 0. The maximum Gasteiger partial charge on any atom is 0.159 e. The van der Waals surface area contributed by atoms with Crippen LogP contribution in [-0.4, -0.2) is 16.0 Å². The molecule has 0 fully saturated rings. The molecule has 4 N–H and O–H groups in total. The van der Waals surface area contributed by atoms with Crippen LogP contribution in [0, 0.1) is 13.8 Å². The van der Waals surface area contributed by atoms with E-state index in [9.17, 15) is 0 Å². The van der Waals surface area contributed by atoms with Gasteiger partial charge in [-0.3, -0.25) is 0 Å². The fourth-order valence-electron chi connectivity index (χ4n) is 1.90. The fraction of sp³-hybridized carbons (Fsp3) is 0.333. The van der Waals surface area contributed by atoms with Crippen LogP contribution in [0.15, 0.2) is 24.5 Å². The number of nitrogen functional groups attached to an aromatic ring is 1. The van der Waals surface area contributed by atoms with Gasteiger partial charge < -0.3 is 16.4 Å². The summed E-state index contributed by atoms with van der Waals surface area (Å²) in [5, 5.41) is 6.49. The quantitative estimate of drug-likeness (QED) is 0.796. The first kappa shape index (κ1) is 14.1. The molecule has 5 nitrogen and oxygen atoms in total. The Bertz CT molecular complexity index is 607. The van der Waals surface area contributed by atoms with Crippen molar-refractivity contribution >= 4 is 23.0 Å². The zero-order valence-corrected chi connectivity index (χ0v) is 12.4. The molecule has 2 rings (SSSR count). The van der Waals surface area contributed by atoms with Gasteiger partial charge >= 0.3 is 0 Å². The van der Waals surface area contributed by atoms with E-state index in [4.69, 9.17) is 5.73 Å². The Labute approximate surface area is 119 Å². The summed E-state index contributed by atoms with van der Waals surface area (Å²) in [6.45, 7) is 8.23. The smallest absolute Gasteiger partial charge is 0.159 e. The predicted octanol–water partition coefficient (Wildman–Crippen LogP) is 3.24. The molecule has 106 valence electrons. The molecule has 0 atom stereocenters. The monoisotopic (exact) mass is 271 g/mol. The van der Waals surface area contributed by atoms with Crippen LogP contribution < -0.4 is 16.4 Å². The molecular formula is C15H21N5. The maximum atomic E-state index is 6.12. The van der Waals surface area contributed by atoms with E-state index in [0.717, 1.165) is 5.69 Å². The summed E-state index contributed by atoms with van der Waals surface area (Å²) in [5.41, 5.74) is 10.1. The van der Waals surface area contributed by atoms with Crippen molar-refractivity contribution in [3.63, 3.8) is 0 Å². The van der Waals surface area contributed by atoms with Gasteiger partial charge in [0.1, 0.15) is 12.0 Å². The highest BCUT2D eigenvalue weighted by molar-refractivity contribution is 5.78. The molecule has 1 aromatic carbocycles. The zero-order chi connectivity index (χ0) is 14.7. The molecule has 0 saturated carbocycles. The Morgan fingerprint density at radius 3 is 2.50 bits per heavy atom. The number of hydrogen-bond acceptors (Lipinski definition) is 5. The summed E-state index contributed by atoms with van der Waals surface area (Å²) in [7, 11) is 0. The van der Waals surface area contributed by atoms with Gasteiger partial charge in [-0.2, -0.15) is 0 Å². The molecule has 0 aliphatic carbocycles. The van der Waals surface area contributed by atoms with E-state index >= 15 is 0 Å². The Balaban J connectivity index is 2.32. The lowest BCUT2D eigenvalue weighted by Crippen LogP contribution is -2.14. The van der Waals surface area contributed by atoms with Gasteiger partial charge in [0.05, 0.1) is 0 Å². The third kappa shape index (κ3) is 2.99. The van der Waals surface area contributed by atoms with Crippen LogP contribution in [0.25, 0.3) is 0 Å².